The van der Waals surface area contributed by atoms with Crippen LogP contribution in [0.3, 0.4) is 0 Å². The predicted octanol–water partition coefficient (Wildman–Crippen LogP) is 2.95. The van der Waals surface area contributed by atoms with Crippen LogP contribution in [-0.4, -0.2) is 42.5 Å². The highest BCUT2D eigenvalue weighted by Gasteiger charge is 2.39. The van der Waals surface area contributed by atoms with E-state index >= 15 is 0 Å². The van der Waals surface area contributed by atoms with Gasteiger partial charge in [-0.25, -0.2) is 0 Å². The lowest BCUT2D eigenvalue weighted by molar-refractivity contribution is -0.384. The van der Waals surface area contributed by atoms with Gasteiger partial charge in [0.1, 0.15) is 0 Å². The lowest BCUT2D eigenvalue weighted by atomic mass is 9.87. The summed E-state index contributed by atoms with van der Waals surface area (Å²) in [4.78, 5) is 15.5. The van der Waals surface area contributed by atoms with E-state index in [1.807, 2.05) is 6.07 Å². The van der Waals surface area contributed by atoms with Crippen LogP contribution < -0.4 is 11.1 Å². The number of hydrogen-bond acceptors (Lipinski definition) is 5. The average molecular weight is 306 g/mol. The van der Waals surface area contributed by atoms with Crippen LogP contribution in [0.1, 0.15) is 32.3 Å². The van der Waals surface area contributed by atoms with Crippen molar-refractivity contribution in [1.82, 2.24) is 11.1 Å². The van der Waals surface area contributed by atoms with E-state index in [2.05, 4.69) is 30.7 Å². The molecule has 6 nitrogen and oxygen atoms in total. The summed E-state index contributed by atoms with van der Waals surface area (Å²) in [6, 6.07) is 5.85. The van der Waals surface area contributed by atoms with Gasteiger partial charge in [-0.3, -0.25) is 10.1 Å². The zero-order valence-electron chi connectivity index (χ0n) is 13.7. The highest BCUT2D eigenvalue weighted by Crippen LogP contribution is 2.44. The van der Waals surface area contributed by atoms with Crippen LogP contribution in [0.15, 0.2) is 18.2 Å². The molecular formula is C16H26N4O2. The van der Waals surface area contributed by atoms with Crippen LogP contribution in [0, 0.1) is 10.1 Å². The highest BCUT2D eigenvalue weighted by atomic mass is 16.6. The summed E-state index contributed by atoms with van der Waals surface area (Å²) >= 11 is 0. The van der Waals surface area contributed by atoms with E-state index in [1.165, 1.54) is 5.56 Å². The molecule has 6 heteroatoms. The first-order chi connectivity index (χ1) is 9.88. The summed E-state index contributed by atoms with van der Waals surface area (Å²) in [5.74, 6) is 0. The Labute approximate surface area is 131 Å². The van der Waals surface area contributed by atoms with Crippen molar-refractivity contribution in [1.29, 1.82) is 0 Å². The van der Waals surface area contributed by atoms with Crippen molar-refractivity contribution < 1.29 is 4.92 Å². The second-order valence-corrected chi connectivity index (χ2v) is 7.00. The normalized spacial score (nSPS) is 21.3. The number of hydrogen-bond donors (Lipinski definition) is 1. The number of nitrogens with zero attached hydrogens (tertiary/aromatic N) is 3. The summed E-state index contributed by atoms with van der Waals surface area (Å²) in [7, 11) is 2.16. The molecule has 2 aliphatic heterocycles. The minimum absolute atomic E-state index is 0. The van der Waals surface area contributed by atoms with Gasteiger partial charge in [0, 0.05) is 35.8 Å². The number of anilines is 1. The fraction of sp³-hybridized carbons (Fsp3) is 0.625. The van der Waals surface area contributed by atoms with Gasteiger partial charge in [0.15, 0.2) is 0 Å². The van der Waals surface area contributed by atoms with E-state index in [0.717, 1.165) is 38.2 Å². The molecule has 1 fully saturated rings. The first-order valence-corrected chi connectivity index (χ1v) is 7.62. The maximum atomic E-state index is 11.1. The van der Waals surface area contributed by atoms with E-state index in [1.54, 1.807) is 12.1 Å². The van der Waals surface area contributed by atoms with Crippen LogP contribution in [0.2, 0.25) is 0 Å². The largest absolute Gasteiger partial charge is 0.367 e. The Balaban J connectivity index is 0.00000176. The molecule has 3 N–H and O–H groups in total. The van der Waals surface area contributed by atoms with Crippen molar-refractivity contribution in [2.75, 3.05) is 31.6 Å². The van der Waals surface area contributed by atoms with Gasteiger partial charge < -0.3 is 16.0 Å². The third-order valence-corrected chi connectivity index (χ3v) is 4.93. The highest BCUT2D eigenvalue weighted by molar-refractivity contribution is 5.66. The smallest absolute Gasteiger partial charge is 0.271 e. The maximum absolute atomic E-state index is 11.1. The third-order valence-electron chi connectivity index (χ3n) is 4.93. The Kier molecular flexibility index (Phi) is 4.44. The standard InChI is InChI=1S/C16H23N3O2.H3N/c1-16(2)11-18(12-6-8-17(3)9-7-12)15-10-13(19(20)21)4-5-14(15)16;/h4-5,10,12H,6-9,11H2,1-3H3;1H3. The molecule has 22 heavy (non-hydrogen) atoms. The number of non-ortho nitro benzene ring substituents is 1. The quantitative estimate of drug-likeness (QED) is 0.670. The van der Waals surface area contributed by atoms with Crippen molar-refractivity contribution in [2.45, 2.75) is 38.1 Å². The lowest BCUT2D eigenvalue weighted by Gasteiger charge is -2.37. The Bertz CT molecular complexity index is 565. The monoisotopic (exact) mass is 306 g/mol. The van der Waals surface area contributed by atoms with Gasteiger partial charge in [-0.2, -0.15) is 0 Å². The topological polar surface area (TPSA) is 84.6 Å². The minimum atomic E-state index is -0.293. The average Bonchev–Trinajstić information content (AvgIpc) is 2.71. The van der Waals surface area contributed by atoms with Gasteiger partial charge in [0.05, 0.1) is 4.92 Å². The van der Waals surface area contributed by atoms with Crippen LogP contribution in [0.4, 0.5) is 11.4 Å². The third kappa shape index (κ3) is 2.80. The van der Waals surface area contributed by atoms with Gasteiger partial charge in [0.25, 0.3) is 5.69 Å². The Morgan fingerprint density at radius 3 is 2.50 bits per heavy atom. The molecule has 1 aromatic rings. The molecule has 0 aromatic heterocycles. The zero-order chi connectivity index (χ0) is 15.2. The number of piperidine rings is 1. The van der Waals surface area contributed by atoms with Gasteiger partial charge in [-0.05, 0) is 44.6 Å². The van der Waals surface area contributed by atoms with Crippen molar-refractivity contribution in [3.63, 3.8) is 0 Å². The number of nitro benzene ring substituents is 1. The van der Waals surface area contributed by atoms with Crippen molar-refractivity contribution in [3.05, 3.63) is 33.9 Å². The molecule has 0 spiro atoms. The number of fused-ring (bicyclic) bond motifs is 1. The number of likely N-dealkylation sites (tertiary alicyclic amines) is 1. The molecular weight excluding hydrogens is 280 g/mol. The summed E-state index contributed by atoms with van der Waals surface area (Å²) in [5.41, 5.74) is 2.58. The van der Waals surface area contributed by atoms with Crippen LogP contribution in [-0.2, 0) is 5.41 Å². The molecule has 3 rings (SSSR count). The summed E-state index contributed by atoms with van der Waals surface area (Å²) < 4.78 is 0. The molecule has 0 radical (unpaired) electrons. The fourth-order valence-corrected chi connectivity index (χ4v) is 3.67. The molecule has 0 aliphatic carbocycles. The molecule has 1 aromatic carbocycles. The van der Waals surface area contributed by atoms with Crippen LogP contribution in [0.25, 0.3) is 0 Å². The predicted molar refractivity (Wildman–Crippen MR) is 89.0 cm³/mol. The van der Waals surface area contributed by atoms with Gasteiger partial charge >= 0.3 is 0 Å². The van der Waals surface area contributed by atoms with Gasteiger partial charge in [0.2, 0.25) is 0 Å². The Hall–Kier alpha value is -1.66. The second-order valence-electron chi connectivity index (χ2n) is 7.00. The van der Waals surface area contributed by atoms with Crippen molar-refractivity contribution in [3.8, 4) is 0 Å². The second kappa shape index (κ2) is 5.85. The SMILES string of the molecule is CN1CCC(N2CC(C)(C)c3ccc([N+](=O)[O-])cc32)CC1.N. The number of nitro groups is 1. The first kappa shape index (κ1) is 16.7. The fourth-order valence-electron chi connectivity index (χ4n) is 3.67. The van der Waals surface area contributed by atoms with E-state index in [-0.39, 0.29) is 22.2 Å². The molecule has 0 amide bonds. The summed E-state index contributed by atoms with van der Waals surface area (Å²) in [6.07, 6.45) is 2.27. The van der Waals surface area contributed by atoms with Crippen LogP contribution >= 0.6 is 0 Å². The van der Waals surface area contributed by atoms with Gasteiger partial charge in [-0.15, -0.1) is 0 Å². The number of benzene rings is 1. The molecule has 1 saturated heterocycles. The minimum Gasteiger partial charge on any atom is -0.367 e. The van der Waals surface area contributed by atoms with E-state index in [0.29, 0.717) is 6.04 Å². The van der Waals surface area contributed by atoms with Crippen molar-refractivity contribution in [2.24, 2.45) is 0 Å². The Morgan fingerprint density at radius 1 is 1.27 bits per heavy atom. The first-order valence-electron chi connectivity index (χ1n) is 7.62. The number of rotatable bonds is 2. The van der Waals surface area contributed by atoms with Crippen molar-refractivity contribution >= 4 is 11.4 Å². The Morgan fingerprint density at radius 2 is 1.91 bits per heavy atom. The van der Waals surface area contributed by atoms with Gasteiger partial charge in [-0.1, -0.05) is 13.8 Å². The van der Waals surface area contributed by atoms with Crippen LogP contribution in [0.5, 0.6) is 0 Å². The molecule has 122 valence electrons. The zero-order valence-corrected chi connectivity index (χ0v) is 13.7. The van der Waals surface area contributed by atoms with E-state index in [4.69, 9.17) is 0 Å². The molecule has 0 atom stereocenters. The summed E-state index contributed by atoms with van der Waals surface area (Å²) in [6.45, 7) is 7.62. The molecule has 2 aliphatic rings. The lowest BCUT2D eigenvalue weighted by Crippen LogP contribution is -2.44. The molecule has 0 unspecified atom stereocenters. The maximum Gasteiger partial charge on any atom is 0.271 e. The summed E-state index contributed by atoms with van der Waals surface area (Å²) in [5, 5.41) is 11.1. The molecule has 0 bridgehead atoms. The van der Waals surface area contributed by atoms with E-state index in [9.17, 15) is 10.1 Å². The molecule has 0 saturated carbocycles. The molecule has 2 heterocycles. The van der Waals surface area contributed by atoms with E-state index < -0.39 is 0 Å².